The second-order valence-electron chi connectivity index (χ2n) is 4.33. The van der Waals surface area contributed by atoms with Crippen LogP contribution in [0.5, 0.6) is 0 Å². The highest BCUT2D eigenvalue weighted by Gasteiger charge is 2.11. The molecule has 0 spiro atoms. The normalized spacial score (nSPS) is 11.2. The zero-order valence-corrected chi connectivity index (χ0v) is 11.3. The van der Waals surface area contributed by atoms with Crippen LogP contribution in [-0.4, -0.2) is 26.4 Å². The van der Waals surface area contributed by atoms with Crippen molar-refractivity contribution in [2.75, 3.05) is 6.54 Å². The van der Waals surface area contributed by atoms with E-state index in [1.165, 1.54) is 5.56 Å². The van der Waals surface area contributed by atoms with Crippen LogP contribution in [-0.2, 0) is 19.3 Å². The van der Waals surface area contributed by atoms with Crippen LogP contribution in [0, 0.1) is 0 Å². The zero-order chi connectivity index (χ0) is 13.1. The highest BCUT2D eigenvalue weighted by molar-refractivity contribution is 7.16. The molecule has 0 unspecified atom stereocenters. The molecule has 0 saturated heterocycles. The van der Waals surface area contributed by atoms with Gasteiger partial charge in [-0.15, -0.1) is 10.2 Å². The van der Waals surface area contributed by atoms with Crippen LogP contribution in [0.3, 0.4) is 0 Å². The van der Waals surface area contributed by atoms with Crippen molar-refractivity contribution in [1.29, 1.82) is 0 Å². The number of nitrogens with zero attached hydrogens (tertiary/aromatic N) is 4. The van der Waals surface area contributed by atoms with Crippen LogP contribution in [0.1, 0.15) is 16.4 Å². The highest BCUT2D eigenvalue weighted by Crippen LogP contribution is 2.15. The van der Waals surface area contributed by atoms with E-state index in [0.717, 1.165) is 35.1 Å². The summed E-state index contributed by atoms with van der Waals surface area (Å²) < 4.78 is 1.85. The van der Waals surface area contributed by atoms with E-state index in [9.17, 15) is 0 Å². The van der Waals surface area contributed by atoms with Gasteiger partial charge < -0.3 is 5.73 Å². The van der Waals surface area contributed by atoms with Gasteiger partial charge in [0.1, 0.15) is 5.01 Å². The minimum Gasteiger partial charge on any atom is -0.330 e. The summed E-state index contributed by atoms with van der Waals surface area (Å²) >= 11 is 1.56. The molecule has 2 aromatic heterocycles. The van der Waals surface area contributed by atoms with Gasteiger partial charge in [-0.1, -0.05) is 41.7 Å². The number of fused-ring (bicyclic) bond motifs is 1. The average molecular weight is 273 g/mol. The fraction of sp³-hybridized carbons (Fsp3) is 0.308. The molecular weight excluding hydrogens is 258 g/mol. The lowest BCUT2D eigenvalue weighted by Crippen LogP contribution is -2.04. The van der Waals surface area contributed by atoms with E-state index in [-0.39, 0.29) is 0 Å². The Morgan fingerprint density at radius 2 is 1.89 bits per heavy atom. The third kappa shape index (κ3) is 2.64. The summed E-state index contributed by atoms with van der Waals surface area (Å²) in [5, 5.41) is 13.9. The minimum absolute atomic E-state index is 0.615. The first-order chi connectivity index (χ1) is 9.36. The Morgan fingerprint density at radius 1 is 1.05 bits per heavy atom. The largest absolute Gasteiger partial charge is 0.330 e. The predicted octanol–water partition coefficient (Wildman–Crippen LogP) is 1.47. The van der Waals surface area contributed by atoms with Crippen molar-refractivity contribution in [3.05, 3.63) is 46.7 Å². The zero-order valence-electron chi connectivity index (χ0n) is 10.5. The van der Waals surface area contributed by atoms with Crippen LogP contribution >= 0.6 is 11.3 Å². The average Bonchev–Trinajstić information content (AvgIpc) is 2.98. The minimum atomic E-state index is 0.615. The van der Waals surface area contributed by atoms with E-state index in [1.807, 2.05) is 10.6 Å². The molecule has 0 aliphatic carbocycles. The van der Waals surface area contributed by atoms with Gasteiger partial charge in [-0.05, 0) is 18.5 Å². The summed E-state index contributed by atoms with van der Waals surface area (Å²) in [4.78, 5) is 0.853. The van der Waals surface area contributed by atoms with Crippen LogP contribution in [0.25, 0.3) is 4.96 Å². The number of nitrogens with two attached hydrogens (primary N) is 1. The maximum absolute atomic E-state index is 5.55. The molecule has 2 N–H and O–H groups in total. The van der Waals surface area contributed by atoms with Crippen LogP contribution in [0.2, 0.25) is 0 Å². The fourth-order valence-electron chi connectivity index (χ4n) is 1.98. The smallest absolute Gasteiger partial charge is 0.234 e. The van der Waals surface area contributed by atoms with Gasteiger partial charge in [-0.2, -0.15) is 9.61 Å². The van der Waals surface area contributed by atoms with Crippen molar-refractivity contribution in [3.63, 3.8) is 0 Å². The molecule has 19 heavy (non-hydrogen) atoms. The molecule has 0 aliphatic heterocycles. The molecular formula is C13H15N5S. The topological polar surface area (TPSA) is 69.1 Å². The summed E-state index contributed by atoms with van der Waals surface area (Å²) in [6.45, 7) is 0.615. The fourth-order valence-corrected chi connectivity index (χ4v) is 2.85. The van der Waals surface area contributed by atoms with Gasteiger partial charge in [0.2, 0.25) is 4.96 Å². The lowest BCUT2D eigenvalue weighted by molar-refractivity contribution is 0.772. The molecule has 0 aliphatic rings. The highest BCUT2D eigenvalue weighted by atomic mass is 32.1. The van der Waals surface area contributed by atoms with Gasteiger partial charge in [0.25, 0.3) is 0 Å². The Bertz CT molecular complexity index is 658. The summed E-state index contributed by atoms with van der Waals surface area (Å²) in [5.74, 6) is 0.915. The van der Waals surface area contributed by atoms with Crippen LogP contribution in [0.15, 0.2) is 30.3 Å². The number of rotatable bonds is 5. The quantitative estimate of drug-likeness (QED) is 0.764. The number of hydrogen-bond acceptors (Lipinski definition) is 5. The summed E-state index contributed by atoms with van der Waals surface area (Å²) in [5.41, 5.74) is 6.85. The molecule has 0 atom stereocenters. The van der Waals surface area contributed by atoms with Crippen molar-refractivity contribution in [3.8, 4) is 0 Å². The Morgan fingerprint density at radius 3 is 2.68 bits per heavy atom. The first kappa shape index (κ1) is 12.3. The van der Waals surface area contributed by atoms with Gasteiger partial charge >= 0.3 is 0 Å². The van der Waals surface area contributed by atoms with Gasteiger partial charge in [-0.25, -0.2) is 0 Å². The predicted molar refractivity (Wildman–Crippen MR) is 75.3 cm³/mol. The van der Waals surface area contributed by atoms with Gasteiger partial charge in [0, 0.05) is 12.8 Å². The van der Waals surface area contributed by atoms with Crippen LogP contribution in [0.4, 0.5) is 0 Å². The third-order valence-electron chi connectivity index (χ3n) is 2.94. The summed E-state index contributed by atoms with van der Waals surface area (Å²) in [6, 6.07) is 10.4. The van der Waals surface area contributed by atoms with Crippen molar-refractivity contribution in [2.24, 2.45) is 5.73 Å². The van der Waals surface area contributed by atoms with E-state index in [1.54, 1.807) is 11.3 Å². The van der Waals surface area contributed by atoms with Crippen molar-refractivity contribution in [2.45, 2.75) is 19.3 Å². The molecule has 6 heteroatoms. The van der Waals surface area contributed by atoms with Gasteiger partial charge in [0.05, 0.1) is 0 Å². The SMILES string of the molecule is NCCc1nn2c(CCc3ccccc3)nnc2s1. The molecule has 3 rings (SSSR count). The maximum atomic E-state index is 5.55. The second kappa shape index (κ2) is 5.46. The summed E-state index contributed by atoms with van der Waals surface area (Å²) in [7, 11) is 0. The van der Waals surface area contributed by atoms with E-state index < -0.39 is 0 Å². The van der Waals surface area contributed by atoms with Crippen molar-refractivity contribution >= 4 is 16.3 Å². The Labute approximate surface area is 115 Å². The lowest BCUT2D eigenvalue weighted by atomic mass is 10.1. The Hall–Kier alpha value is -1.79. The number of benzene rings is 1. The molecule has 0 amide bonds. The molecule has 0 radical (unpaired) electrons. The number of aryl methyl sites for hydroxylation is 2. The number of hydrogen-bond donors (Lipinski definition) is 1. The van der Waals surface area contributed by atoms with Crippen molar-refractivity contribution < 1.29 is 0 Å². The third-order valence-corrected chi connectivity index (χ3v) is 3.89. The molecule has 2 heterocycles. The first-order valence-electron chi connectivity index (χ1n) is 6.31. The van der Waals surface area contributed by atoms with E-state index in [4.69, 9.17) is 5.73 Å². The Kier molecular flexibility index (Phi) is 3.52. The molecule has 5 nitrogen and oxygen atoms in total. The lowest BCUT2D eigenvalue weighted by Gasteiger charge is -1.98. The van der Waals surface area contributed by atoms with Gasteiger partial charge in [0.15, 0.2) is 5.82 Å². The number of aromatic nitrogens is 4. The molecule has 0 bridgehead atoms. The van der Waals surface area contributed by atoms with Crippen LogP contribution < -0.4 is 5.73 Å². The maximum Gasteiger partial charge on any atom is 0.234 e. The van der Waals surface area contributed by atoms with E-state index in [2.05, 4.69) is 39.6 Å². The van der Waals surface area contributed by atoms with E-state index >= 15 is 0 Å². The molecule has 0 fully saturated rings. The molecule has 1 aromatic carbocycles. The second-order valence-corrected chi connectivity index (χ2v) is 5.37. The molecule has 98 valence electrons. The van der Waals surface area contributed by atoms with E-state index in [0.29, 0.717) is 6.54 Å². The molecule has 0 saturated carbocycles. The van der Waals surface area contributed by atoms with Crippen molar-refractivity contribution in [1.82, 2.24) is 19.8 Å². The molecule has 3 aromatic rings. The standard InChI is InChI=1S/C13H15N5S/c14-9-8-12-17-18-11(15-16-13(18)19-12)7-6-10-4-2-1-3-5-10/h1-5H,6-9,14H2. The monoisotopic (exact) mass is 273 g/mol. The first-order valence-corrected chi connectivity index (χ1v) is 7.12. The van der Waals surface area contributed by atoms with Gasteiger partial charge in [-0.3, -0.25) is 0 Å². The Balaban J connectivity index is 1.77. The summed E-state index contributed by atoms with van der Waals surface area (Å²) in [6.07, 6.45) is 2.59.